The van der Waals surface area contributed by atoms with Gasteiger partial charge in [0.25, 0.3) is 17.7 Å². The Balaban J connectivity index is 1.79. The maximum atomic E-state index is 13.2. The Morgan fingerprint density at radius 1 is 0.944 bits per heavy atom. The summed E-state index contributed by atoms with van der Waals surface area (Å²) in [6.07, 6.45) is 1.26. The van der Waals surface area contributed by atoms with Gasteiger partial charge in [-0.3, -0.25) is 19.3 Å². The van der Waals surface area contributed by atoms with E-state index in [1.807, 2.05) is 6.92 Å². The molecule has 0 aliphatic carbocycles. The molecule has 2 aromatic carbocycles. The first-order chi connectivity index (χ1) is 17.1. The molecule has 0 aromatic heterocycles. The molecule has 192 valence electrons. The minimum atomic E-state index is -1.31. The number of para-hydroxylation sites is 2. The summed E-state index contributed by atoms with van der Waals surface area (Å²) in [5.74, 6) is -2.81. The molecule has 3 amide bonds. The Bertz CT molecular complexity index is 1170. The van der Waals surface area contributed by atoms with Gasteiger partial charge in [-0.2, -0.15) is 0 Å². The van der Waals surface area contributed by atoms with Crippen LogP contribution in [0.25, 0.3) is 0 Å². The number of benzene rings is 2. The number of hydrogen-bond donors (Lipinski definition) is 1. The second-order valence-electron chi connectivity index (χ2n) is 7.73. The SMILES string of the molecule is CCCC[C@@H](C(=O)OCC(=O)Nc1ccccc1OCC)N1C(=O)c2c(Cl)c(Cl)c(Cl)c(Cl)c2C1=O. The van der Waals surface area contributed by atoms with Crippen molar-refractivity contribution in [3.05, 3.63) is 55.5 Å². The zero-order chi connectivity index (χ0) is 26.6. The molecular formula is C24H22Cl4N2O6. The molecular weight excluding hydrogens is 554 g/mol. The number of anilines is 1. The highest BCUT2D eigenvalue weighted by atomic mass is 35.5. The molecule has 36 heavy (non-hydrogen) atoms. The number of fused-ring (bicyclic) bond motifs is 1. The van der Waals surface area contributed by atoms with E-state index in [9.17, 15) is 19.2 Å². The molecule has 0 spiro atoms. The third-order valence-corrected chi connectivity index (χ3v) is 7.16. The fourth-order valence-corrected chi connectivity index (χ4v) is 4.68. The Hall–Kier alpha value is -2.52. The van der Waals surface area contributed by atoms with E-state index in [0.717, 1.165) is 4.90 Å². The van der Waals surface area contributed by atoms with Crippen LogP contribution in [0.4, 0.5) is 5.69 Å². The number of imide groups is 1. The van der Waals surface area contributed by atoms with E-state index >= 15 is 0 Å². The van der Waals surface area contributed by atoms with Crippen molar-refractivity contribution in [1.82, 2.24) is 4.90 Å². The number of nitrogens with one attached hydrogen (secondary N) is 1. The number of amides is 3. The number of rotatable bonds is 10. The van der Waals surface area contributed by atoms with Gasteiger partial charge >= 0.3 is 5.97 Å². The van der Waals surface area contributed by atoms with E-state index in [-0.39, 0.29) is 37.6 Å². The van der Waals surface area contributed by atoms with Crippen LogP contribution >= 0.6 is 46.4 Å². The Morgan fingerprint density at radius 2 is 1.53 bits per heavy atom. The first-order valence-electron chi connectivity index (χ1n) is 11.1. The van der Waals surface area contributed by atoms with Gasteiger partial charge < -0.3 is 14.8 Å². The summed E-state index contributed by atoms with van der Waals surface area (Å²) < 4.78 is 10.7. The molecule has 3 rings (SSSR count). The van der Waals surface area contributed by atoms with Gasteiger partial charge in [0.15, 0.2) is 6.61 Å². The summed E-state index contributed by atoms with van der Waals surface area (Å²) in [6, 6.07) is 5.47. The van der Waals surface area contributed by atoms with Crippen LogP contribution in [0.1, 0.15) is 53.8 Å². The molecule has 1 atom stereocenters. The predicted octanol–water partition coefficient (Wildman–Crippen LogP) is 6.04. The van der Waals surface area contributed by atoms with Gasteiger partial charge in [0, 0.05) is 0 Å². The number of carbonyl (C=O) groups excluding carboxylic acids is 4. The summed E-state index contributed by atoms with van der Waals surface area (Å²) in [6.45, 7) is 3.43. The molecule has 1 N–H and O–H groups in total. The third kappa shape index (κ3) is 5.57. The third-order valence-electron chi connectivity index (χ3n) is 5.35. The highest BCUT2D eigenvalue weighted by Crippen LogP contribution is 2.45. The number of carbonyl (C=O) groups is 4. The van der Waals surface area contributed by atoms with E-state index in [1.54, 1.807) is 31.2 Å². The first kappa shape index (κ1) is 28.1. The molecule has 1 heterocycles. The number of esters is 1. The van der Waals surface area contributed by atoms with Gasteiger partial charge in [-0.15, -0.1) is 0 Å². The van der Waals surface area contributed by atoms with Crippen molar-refractivity contribution in [1.29, 1.82) is 0 Å². The van der Waals surface area contributed by atoms with Gasteiger partial charge in [-0.1, -0.05) is 78.3 Å². The van der Waals surface area contributed by atoms with E-state index in [4.69, 9.17) is 55.9 Å². The molecule has 0 saturated carbocycles. The average Bonchev–Trinajstić information content (AvgIpc) is 3.12. The zero-order valence-electron chi connectivity index (χ0n) is 19.3. The smallest absolute Gasteiger partial charge is 0.329 e. The molecule has 1 aliphatic heterocycles. The molecule has 8 nitrogen and oxygen atoms in total. The van der Waals surface area contributed by atoms with Gasteiger partial charge in [0.05, 0.1) is 43.5 Å². The number of halogens is 4. The summed E-state index contributed by atoms with van der Waals surface area (Å²) in [7, 11) is 0. The van der Waals surface area contributed by atoms with Gasteiger partial charge in [-0.25, -0.2) is 4.79 Å². The fourth-order valence-electron chi connectivity index (χ4n) is 3.67. The molecule has 2 aromatic rings. The number of nitrogens with zero attached hydrogens (tertiary/aromatic N) is 1. The molecule has 0 bridgehead atoms. The topological polar surface area (TPSA) is 102 Å². The quantitative estimate of drug-likeness (QED) is 0.160. The molecule has 0 saturated heterocycles. The van der Waals surface area contributed by atoms with Crippen LogP contribution in [0.5, 0.6) is 5.75 Å². The minimum Gasteiger partial charge on any atom is -0.492 e. The Kier molecular flexibility index (Phi) is 9.47. The van der Waals surface area contributed by atoms with E-state index < -0.39 is 36.3 Å². The van der Waals surface area contributed by atoms with Crippen molar-refractivity contribution in [3.63, 3.8) is 0 Å². The lowest BCUT2D eigenvalue weighted by atomic mass is 10.1. The van der Waals surface area contributed by atoms with Crippen molar-refractivity contribution in [3.8, 4) is 5.75 Å². The van der Waals surface area contributed by atoms with Crippen molar-refractivity contribution in [2.75, 3.05) is 18.5 Å². The Labute approximate surface area is 227 Å². The van der Waals surface area contributed by atoms with Gasteiger partial charge in [-0.05, 0) is 25.5 Å². The molecule has 0 unspecified atom stereocenters. The summed E-state index contributed by atoms with van der Waals surface area (Å²) in [4.78, 5) is 52.6. The van der Waals surface area contributed by atoms with Crippen LogP contribution in [-0.4, -0.2) is 47.8 Å². The number of unbranched alkanes of at least 4 members (excludes halogenated alkanes) is 1. The second kappa shape index (κ2) is 12.1. The summed E-state index contributed by atoms with van der Waals surface area (Å²) in [5, 5.41) is 1.77. The number of ether oxygens (including phenoxy) is 2. The van der Waals surface area contributed by atoms with Crippen LogP contribution in [0.3, 0.4) is 0 Å². The standard InChI is InChI=1S/C24H22Cl4N2O6/c1-3-5-9-13(24(34)36-11-15(31)29-12-8-6-7-10-14(12)35-4-2)30-22(32)16-17(23(30)33)19(26)21(28)20(27)18(16)25/h6-8,10,13H,3-5,9,11H2,1-2H3,(H,29,31)/t13-/m0/s1. The van der Waals surface area contributed by atoms with Crippen LogP contribution in [0, 0.1) is 0 Å². The van der Waals surface area contributed by atoms with Crippen molar-refractivity contribution in [2.45, 2.75) is 39.2 Å². The highest BCUT2D eigenvalue weighted by Gasteiger charge is 2.47. The van der Waals surface area contributed by atoms with Crippen LogP contribution < -0.4 is 10.1 Å². The van der Waals surface area contributed by atoms with Gasteiger partial charge in [0.2, 0.25) is 0 Å². The maximum Gasteiger partial charge on any atom is 0.329 e. The van der Waals surface area contributed by atoms with E-state index in [2.05, 4.69) is 5.32 Å². The van der Waals surface area contributed by atoms with E-state index in [0.29, 0.717) is 30.9 Å². The summed E-state index contributed by atoms with van der Waals surface area (Å²) in [5.41, 5.74) is -0.0670. The predicted molar refractivity (Wildman–Crippen MR) is 137 cm³/mol. The van der Waals surface area contributed by atoms with Crippen molar-refractivity contribution in [2.24, 2.45) is 0 Å². The summed E-state index contributed by atoms with van der Waals surface area (Å²) >= 11 is 24.5. The highest BCUT2D eigenvalue weighted by molar-refractivity contribution is 6.55. The Morgan fingerprint density at radius 3 is 2.08 bits per heavy atom. The normalized spacial score (nSPS) is 13.4. The van der Waals surface area contributed by atoms with Crippen molar-refractivity contribution >= 4 is 75.8 Å². The molecule has 1 aliphatic rings. The zero-order valence-corrected chi connectivity index (χ0v) is 22.4. The largest absolute Gasteiger partial charge is 0.492 e. The van der Waals surface area contributed by atoms with Crippen LogP contribution in [-0.2, 0) is 14.3 Å². The first-order valence-corrected chi connectivity index (χ1v) is 12.6. The van der Waals surface area contributed by atoms with Gasteiger partial charge in [0.1, 0.15) is 11.8 Å². The fraction of sp³-hybridized carbons (Fsp3) is 0.333. The number of hydrogen-bond acceptors (Lipinski definition) is 6. The van der Waals surface area contributed by atoms with Crippen molar-refractivity contribution < 1.29 is 28.7 Å². The molecule has 12 heteroatoms. The maximum absolute atomic E-state index is 13.2. The van der Waals surface area contributed by atoms with Crippen LogP contribution in [0.2, 0.25) is 20.1 Å². The average molecular weight is 576 g/mol. The molecule has 0 fully saturated rings. The van der Waals surface area contributed by atoms with Crippen LogP contribution in [0.15, 0.2) is 24.3 Å². The lowest BCUT2D eigenvalue weighted by Gasteiger charge is -2.24. The minimum absolute atomic E-state index is 0.103. The monoisotopic (exact) mass is 574 g/mol. The second-order valence-corrected chi connectivity index (χ2v) is 9.24. The van der Waals surface area contributed by atoms with E-state index in [1.165, 1.54) is 0 Å². The lowest BCUT2D eigenvalue weighted by molar-refractivity contribution is -0.151. The molecule has 0 radical (unpaired) electrons. The lowest BCUT2D eigenvalue weighted by Crippen LogP contribution is -2.46.